The molecule has 1 aromatic heterocycles. The molecule has 0 radical (unpaired) electrons. The third kappa shape index (κ3) is 3.51. The van der Waals surface area contributed by atoms with Crippen LogP contribution < -0.4 is 4.74 Å². The number of hydrogen-bond acceptors (Lipinski definition) is 3. The molecule has 1 fully saturated rings. The topological polar surface area (TPSA) is 45.3 Å². The van der Waals surface area contributed by atoms with E-state index in [1.165, 1.54) is 0 Å². The van der Waals surface area contributed by atoms with Crippen molar-refractivity contribution in [2.24, 2.45) is 0 Å². The number of nitrogens with zero attached hydrogens (tertiary/aromatic N) is 1. The van der Waals surface area contributed by atoms with Crippen LogP contribution in [0.1, 0.15) is 34.3 Å². The van der Waals surface area contributed by atoms with Gasteiger partial charge in [0.25, 0.3) is 5.91 Å². The monoisotopic (exact) mass is 342 g/mol. The number of carbonyl (C=O) groups excluding carboxylic acids is 1. The summed E-state index contributed by atoms with van der Waals surface area (Å²) in [6.45, 7) is 5.52. The number of hydrogen-bond donors (Lipinski definition) is 1. The Bertz CT molecular complexity index is 772. The minimum Gasteiger partial charge on any atom is -0.490 e. The van der Waals surface area contributed by atoms with Crippen LogP contribution in [0.5, 0.6) is 5.75 Å². The predicted octanol–water partition coefficient (Wildman–Crippen LogP) is 4.04. The summed E-state index contributed by atoms with van der Waals surface area (Å²) in [5.41, 5.74) is 2.88. The molecular weight excluding hydrogens is 320 g/mol. The van der Waals surface area contributed by atoms with Crippen molar-refractivity contribution >= 4 is 18.1 Å². The van der Waals surface area contributed by atoms with Gasteiger partial charge < -0.3 is 14.6 Å². The van der Waals surface area contributed by atoms with E-state index >= 15 is 0 Å². The third-order valence-electron chi connectivity index (χ3n) is 4.47. The van der Waals surface area contributed by atoms with E-state index in [0.29, 0.717) is 23.3 Å². The van der Waals surface area contributed by atoms with Crippen LogP contribution in [-0.2, 0) is 0 Å². The standard InChI is InChI=1S/C19H22N2O2S/c1-13-5-3-6-14(2)17(13)23-15-8-11-21(12-9-15)19(22)16-7-4-10-20-18(16)24/h3-7,10,15H,8-9,11-12H2,1-2H3,(H,20,24). The van der Waals surface area contributed by atoms with E-state index in [1.54, 1.807) is 18.3 Å². The Balaban J connectivity index is 1.63. The number of aromatic nitrogens is 1. The van der Waals surface area contributed by atoms with Crippen molar-refractivity contribution in [3.63, 3.8) is 0 Å². The largest absolute Gasteiger partial charge is 0.490 e. The molecule has 0 spiro atoms. The van der Waals surface area contributed by atoms with Crippen molar-refractivity contribution in [1.82, 2.24) is 9.88 Å². The maximum atomic E-state index is 12.6. The fourth-order valence-corrected chi connectivity index (χ4v) is 3.31. The molecule has 1 N–H and O–H groups in total. The number of rotatable bonds is 3. The lowest BCUT2D eigenvalue weighted by atomic mass is 10.1. The quantitative estimate of drug-likeness (QED) is 0.856. The van der Waals surface area contributed by atoms with Crippen molar-refractivity contribution in [1.29, 1.82) is 0 Å². The van der Waals surface area contributed by atoms with Gasteiger partial charge in [-0.25, -0.2) is 0 Å². The fraction of sp³-hybridized carbons (Fsp3) is 0.368. The Kier molecular flexibility index (Phi) is 5.00. The number of aryl methyl sites for hydroxylation is 2. The van der Waals surface area contributed by atoms with Gasteiger partial charge in [0.05, 0.1) is 5.56 Å². The summed E-state index contributed by atoms with van der Waals surface area (Å²) in [5, 5.41) is 0. The molecule has 0 unspecified atom stereocenters. The highest BCUT2D eigenvalue weighted by atomic mass is 32.1. The smallest absolute Gasteiger partial charge is 0.256 e. The Morgan fingerprint density at radius 3 is 2.46 bits per heavy atom. The van der Waals surface area contributed by atoms with Crippen molar-refractivity contribution in [3.05, 3.63) is 57.9 Å². The number of H-pyrrole nitrogens is 1. The van der Waals surface area contributed by atoms with Crippen LogP contribution in [0.15, 0.2) is 36.5 Å². The summed E-state index contributed by atoms with van der Waals surface area (Å²) < 4.78 is 6.71. The second-order valence-corrected chi connectivity index (χ2v) is 6.65. The minimum atomic E-state index is 0.00220. The minimum absolute atomic E-state index is 0.00220. The van der Waals surface area contributed by atoms with Crippen LogP contribution in [0, 0.1) is 18.5 Å². The van der Waals surface area contributed by atoms with Crippen LogP contribution in [0.2, 0.25) is 0 Å². The number of piperidine rings is 1. The lowest BCUT2D eigenvalue weighted by Gasteiger charge is -2.32. The highest BCUT2D eigenvalue weighted by molar-refractivity contribution is 7.71. The van der Waals surface area contributed by atoms with Crippen LogP contribution in [0.3, 0.4) is 0 Å². The van der Waals surface area contributed by atoms with Crippen molar-refractivity contribution in [2.75, 3.05) is 13.1 Å². The summed E-state index contributed by atoms with van der Waals surface area (Å²) in [6, 6.07) is 9.76. The zero-order valence-electron chi connectivity index (χ0n) is 14.0. The Morgan fingerprint density at radius 1 is 1.17 bits per heavy atom. The maximum absolute atomic E-state index is 12.6. The summed E-state index contributed by atoms with van der Waals surface area (Å²) in [4.78, 5) is 17.4. The first-order chi connectivity index (χ1) is 11.6. The van der Waals surface area contributed by atoms with Gasteiger partial charge in [0.15, 0.2) is 0 Å². The number of amides is 1. The third-order valence-corrected chi connectivity index (χ3v) is 4.81. The van der Waals surface area contributed by atoms with Crippen LogP contribution in [0.25, 0.3) is 0 Å². The summed E-state index contributed by atoms with van der Waals surface area (Å²) in [5.74, 6) is 0.982. The number of carbonyl (C=O) groups is 1. The molecule has 5 heteroatoms. The molecule has 3 rings (SSSR count). The zero-order chi connectivity index (χ0) is 17.1. The van der Waals surface area contributed by atoms with E-state index in [2.05, 4.69) is 31.0 Å². The Morgan fingerprint density at radius 2 is 1.83 bits per heavy atom. The molecular formula is C19H22N2O2S. The molecule has 4 nitrogen and oxygen atoms in total. The van der Waals surface area contributed by atoms with Gasteiger partial charge in [-0.3, -0.25) is 4.79 Å². The van der Waals surface area contributed by atoms with E-state index in [1.807, 2.05) is 11.0 Å². The van der Waals surface area contributed by atoms with Gasteiger partial charge in [0, 0.05) is 32.1 Å². The molecule has 1 aliphatic rings. The first-order valence-electron chi connectivity index (χ1n) is 8.26. The second-order valence-electron chi connectivity index (χ2n) is 6.24. The van der Waals surface area contributed by atoms with Gasteiger partial charge >= 0.3 is 0 Å². The first kappa shape index (κ1) is 16.7. The highest BCUT2D eigenvalue weighted by Crippen LogP contribution is 2.26. The van der Waals surface area contributed by atoms with Crippen LogP contribution >= 0.6 is 12.2 Å². The van der Waals surface area contributed by atoms with Gasteiger partial charge in [-0.15, -0.1) is 0 Å². The first-order valence-corrected chi connectivity index (χ1v) is 8.67. The molecule has 2 aromatic rings. The Hall–Kier alpha value is -2.14. The average Bonchev–Trinajstić information content (AvgIpc) is 2.59. The zero-order valence-corrected chi connectivity index (χ0v) is 14.9. The molecule has 0 bridgehead atoms. The molecule has 1 aromatic carbocycles. The van der Waals surface area contributed by atoms with Crippen molar-refractivity contribution in [2.45, 2.75) is 32.8 Å². The van der Waals surface area contributed by atoms with E-state index in [4.69, 9.17) is 17.0 Å². The summed E-state index contributed by atoms with van der Waals surface area (Å²) in [7, 11) is 0. The highest BCUT2D eigenvalue weighted by Gasteiger charge is 2.25. The lowest BCUT2D eigenvalue weighted by molar-refractivity contribution is 0.0592. The molecule has 0 aliphatic carbocycles. The number of ether oxygens (including phenoxy) is 1. The van der Waals surface area contributed by atoms with Gasteiger partial charge in [0.2, 0.25) is 0 Å². The molecule has 1 amide bonds. The van der Waals surface area contributed by atoms with Crippen molar-refractivity contribution in [3.8, 4) is 5.75 Å². The van der Waals surface area contributed by atoms with Crippen LogP contribution in [-0.4, -0.2) is 35.0 Å². The number of pyridine rings is 1. The number of aromatic amines is 1. The van der Waals surface area contributed by atoms with Crippen LogP contribution in [0.4, 0.5) is 0 Å². The average molecular weight is 342 g/mol. The van der Waals surface area contributed by atoms with Gasteiger partial charge in [-0.05, 0) is 37.1 Å². The summed E-state index contributed by atoms with van der Waals surface area (Å²) >= 11 is 5.21. The molecule has 1 aliphatic heterocycles. The summed E-state index contributed by atoms with van der Waals surface area (Å²) in [6.07, 6.45) is 3.56. The molecule has 126 valence electrons. The molecule has 24 heavy (non-hydrogen) atoms. The number of benzene rings is 1. The SMILES string of the molecule is Cc1cccc(C)c1OC1CCN(C(=O)c2ccc[nH]c2=S)CC1. The van der Waals surface area contributed by atoms with E-state index in [9.17, 15) is 4.79 Å². The molecule has 0 atom stereocenters. The van der Waals surface area contributed by atoms with E-state index in [0.717, 1.165) is 29.7 Å². The lowest BCUT2D eigenvalue weighted by Crippen LogP contribution is -2.42. The molecule has 1 saturated heterocycles. The molecule has 2 heterocycles. The number of nitrogens with one attached hydrogen (secondary N) is 1. The second kappa shape index (κ2) is 7.18. The number of para-hydroxylation sites is 1. The van der Waals surface area contributed by atoms with Gasteiger partial charge in [-0.2, -0.15) is 0 Å². The molecule has 0 saturated carbocycles. The fourth-order valence-electron chi connectivity index (χ4n) is 3.09. The van der Waals surface area contributed by atoms with Gasteiger partial charge in [-0.1, -0.05) is 30.4 Å². The van der Waals surface area contributed by atoms with Gasteiger partial charge in [0.1, 0.15) is 16.5 Å². The van der Waals surface area contributed by atoms with E-state index < -0.39 is 0 Å². The Labute approximate surface area is 147 Å². The maximum Gasteiger partial charge on any atom is 0.256 e. The van der Waals surface area contributed by atoms with E-state index in [-0.39, 0.29) is 12.0 Å². The van der Waals surface area contributed by atoms with Crippen molar-refractivity contribution < 1.29 is 9.53 Å². The number of likely N-dealkylation sites (tertiary alicyclic amines) is 1. The predicted molar refractivity (Wildman–Crippen MR) is 97.1 cm³/mol. The normalized spacial score (nSPS) is 15.3.